The molecule has 0 aliphatic heterocycles. The second-order valence-electron chi connectivity index (χ2n) is 4.89. The SMILES string of the molecule is [CH2]c1ccccc1-c1ccc(-c2ccccc2[CH2])cc1. The maximum Gasteiger partial charge on any atom is -0.0152 e. The van der Waals surface area contributed by atoms with E-state index in [0.717, 1.165) is 11.1 Å². The lowest BCUT2D eigenvalue weighted by atomic mass is 9.96. The summed E-state index contributed by atoms with van der Waals surface area (Å²) in [5.74, 6) is 0. The molecule has 0 heterocycles. The second-order valence-corrected chi connectivity index (χ2v) is 4.89. The average Bonchev–Trinajstić information content (AvgIpc) is 2.49. The largest absolute Gasteiger partial charge is 0.0620 e. The van der Waals surface area contributed by atoms with Crippen molar-refractivity contribution in [2.45, 2.75) is 0 Å². The van der Waals surface area contributed by atoms with E-state index in [-0.39, 0.29) is 0 Å². The van der Waals surface area contributed by atoms with Gasteiger partial charge in [-0.2, -0.15) is 0 Å². The molecule has 0 amide bonds. The molecule has 0 unspecified atom stereocenters. The minimum absolute atomic E-state index is 1.05. The third kappa shape index (κ3) is 2.37. The van der Waals surface area contributed by atoms with E-state index in [1.165, 1.54) is 22.3 Å². The Hall–Kier alpha value is -2.34. The first-order valence-electron chi connectivity index (χ1n) is 6.68. The van der Waals surface area contributed by atoms with Crippen LogP contribution < -0.4 is 0 Å². The summed E-state index contributed by atoms with van der Waals surface area (Å²) in [6, 6.07) is 25.0. The summed E-state index contributed by atoms with van der Waals surface area (Å²) >= 11 is 0. The normalized spacial score (nSPS) is 10.5. The molecule has 0 saturated heterocycles. The van der Waals surface area contributed by atoms with Gasteiger partial charge in [-0.25, -0.2) is 0 Å². The van der Waals surface area contributed by atoms with E-state index in [9.17, 15) is 0 Å². The van der Waals surface area contributed by atoms with Crippen molar-refractivity contribution in [2.75, 3.05) is 0 Å². The van der Waals surface area contributed by atoms with Crippen LogP contribution >= 0.6 is 0 Å². The van der Waals surface area contributed by atoms with Crippen LogP contribution in [0.1, 0.15) is 11.1 Å². The zero-order valence-electron chi connectivity index (χ0n) is 11.3. The molecule has 0 aliphatic rings. The molecule has 2 radical (unpaired) electrons. The highest BCUT2D eigenvalue weighted by Gasteiger charge is 2.03. The summed E-state index contributed by atoms with van der Waals surface area (Å²) in [4.78, 5) is 0. The van der Waals surface area contributed by atoms with Gasteiger partial charge in [-0.15, -0.1) is 0 Å². The molecule has 0 saturated carbocycles. The fourth-order valence-corrected chi connectivity index (χ4v) is 2.43. The van der Waals surface area contributed by atoms with Crippen LogP contribution in [0.15, 0.2) is 72.8 Å². The van der Waals surface area contributed by atoms with Crippen LogP contribution in [0.2, 0.25) is 0 Å². The Morgan fingerprint density at radius 1 is 0.450 bits per heavy atom. The van der Waals surface area contributed by atoms with Gasteiger partial charge in [0.15, 0.2) is 0 Å². The van der Waals surface area contributed by atoms with Crippen molar-refractivity contribution in [1.82, 2.24) is 0 Å². The summed E-state index contributed by atoms with van der Waals surface area (Å²) in [5, 5.41) is 0. The van der Waals surface area contributed by atoms with E-state index >= 15 is 0 Å². The smallest absolute Gasteiger partial charge is 0.0152 e. The number of hydrogen-bond acceptors (Lipinski definition) is 0. The van der Waals surface area contributed by atoms with Gasteiger partial charge < -0.3 is 0 Å². The lowest BCUT2D eigenvalue weighted by Gasteiger charge is -2.09. The summed E-state index contributed by atoms with van der Waals surface area (Å²) < 4.78 is 0. The van der Waals surface area contributed by atoms with Crippen LogP contribution in [-0.4, -0.2) is 0 Å². The fraction of sp³-hybridized carbons (Fsp3) is 0. The first kappa shape index (κ1) is 12.7. The van der Waals surface area contributed by atoms with E-state index in [0.29, 0.717) is 0 Å². The number of rotatable bonds is 2. The van der Waals surface area contributed by atoms with E-state index in [2.05, 4.69) is 50.2 Å². The van der Waals surface area contributed by atoms with Crippen LogP contribution in [0.5, 0.6) is 0 Å². The molecular formula is C20H16. The van der Waals surface area contributed by atoms with Crippen LogP contribution in [0.25, 0.3) is 22.3 Å². The molecule has 0 atom stereocenters. The highest BCUT2D eigenvalue weighted by atomic mass is 14.1. The topological polar surface area (TPSA) is 0 Å². The van der Waals surface area contributed by atoms with Gasteiger partial charge in [-0.3, -0.25) is 0 Å². The van der Waals surface area contributed by atoms with Crippen molar-refractivity contribution >= 4 is 0 Å². The van der Waals surface area contributed by atoms with E-state index < -0.39 is 0 Å². The molecule has 96 valence electrons. The Balaban J connectivity index is 2.01. The van der Waals surface area contributed by atoms with E-state index in [4.69, 9.17) is 0 Å². The maximum atomic E-state index is 4.08. The van der Waals surface area contributed by atoms with Gasteiger partial charge in [-0.1, -0.05) is 72.8 Å². The molecule has 0 N–H and O–H groups in total. The predicted molar refractivity (Wildman–Crippen MR) is 86.2 cm³/mol. The van der Waals surface area contributed by atoms with Crippen molar-refractivity contribution < 1.29 is 0 Å². The van der Waals surface area contributed by atoms with Crippen molar-refractivity contribution in [2.24, 2.45) is 0 Å². The maximum absolute atomic E-state index is 4.08. The molecule has 0 aliphatic carbocycles. The van der Waals surface area contributed by atoms with Gasteiger partial charge in [0.25, 0.3) is 0 Å². The molecule has 3 aromatic carbocycles. The summed E-state index contributed by atoms with van der Waals surface area (Å²) in [7, 11) is 0. The molecule has 0 heteroatoms. The van der Waals surface area contributed by atoms with Gasteiger partial charge in [-0.05, 0) is 47.2 Å². The summed E-state index contributed by atoms with van der Waals surface area (Å²) in [6.45, 7) is 8.16. The predicted octanol–water partition coefficient (Wildman–Crippen LogP) is 5.38. The third-order valence-electron chi connectivity index (χ3n) is 3.54. The third-order valence-corrected chi connectivity index (χ3v) is 3.54. The first-order valence-corrected chi connectivity index (χ1v) is 6.68. The van der Waals surface area contributed by atoms with Crippen LogP contribution in [0.4, 0.5) is 0 Å². The quantitative estimate of drug-likeness (QED) is 0.577. The monoisotopic (exact) mass is 256 g/mol. The molecule has 3 rings (SSSR count). The second kappa shape index (κ2) is 5.34. The molecule has 20 heavy (non-hydrogen) atoms. The Labute approximate surface area is 120 Å². The van der Waals surface area contributed by atoms with Gasteiger partial charge >= 0.3 is 0 Å². The Kier molecular flexibility index (Phi) is 3.39. The van der Waals surface area contributed by atoms with Crippen molar-refractivity contribution in [3.05, 3.63) is 97.8 Å². The van der Waals surface area contributed by atoms with E-state index in [1.54, 1.807) is 0 Å². The number of benzene rings is 3. The van der Waals surface area contributed by atoms with Crippen molar-refractivity contribution in [1.29, 1.82) is 0 Å². The van der Waals surface area contributed by atoms with Crippen LogP contribution in [0, 0.1) is 13.8 Å². The fourth-order valence-electron chi connectivity index (χ4n) is 2.43. The lowest BCUT2D eigenvalue weighted by Crippen LogP contribution is -1.85. The molecule has 3 aromatic rings. The minimum atomic E-state index is 1.05. The molecule has 0 spiro atoms. The van der Waals surface area contributed by atoms with Gasteiger partial charge in [0.05, 0.1) is 0 Å². The van der Waals surface area contributed by atoms with Gasteiger partial charge in [0.2, 0.25) is 0 Å². The molecule has 0 nitrogen and oxygen atoms in total. The molecular weight excluding hydrogens is 240 g/mol. The zero-order chi connectivity index (χ0) is 13.9. The minimum Gasteiger partial charge on any atom is -0.0620 e. The van der Waals surface area contributed by atoms with Crippen molar-refractivity contribution in [3.8, 4) is 22.3 Å². The van der Waals surface area contributed by atoms with Crippen LogP contribution in [-0.2, 0) is 0 Å². The summed E-state index contributed by atoms with van der Waals surface area (Å²) in [6.07, 6.45) is 0. The first-order chi connectivity index (χ1) is 9.75. The Morgan fingerprint density at radius 3 is 1.15 bits per heavy atom. The van der Waals surface area contributed by atoms with E-state index in [1.807, 2.05) is 36.4 Å². The lowest BCUT2D eigenvalue weighted by molar-refractivity contribution is 1.54. The standard InChI is InChI=1S/C20H16/c1-15-7-3-5-9-19(15)17-11-13-18(14-12-17)20-10-6-4-8-16(20)2/h3-14H,1-2H2. The van der Waals surface area contributed by atoms with Gasteiger partial charge in [0, 0.05) is 0 Å². The molecule has 0 bridgehead atoms. The average molecular weight is 256 g/mol. The number of hydrogen-bond donors (Lipinski definition) is 0. The highest BCUT2D eigenvalue weighted by Crippen LogP contribution is 2.28. The summed E-state index contributed by atoms with van der Waals surface area (Å²) in [5.41, 5.74) is 6.86. The molecule has 0 fully saturated rings. The van der Waals surface area contributed by atoms with Crippen LogP contribution in [0.3, 0.4) is 0 Å². The zero-order valence-corrected chi connectivity index (χ0v) is 11.3. The van der Waals surface area contributed by atoms with Gasteiger partial charge in [0.1, 0.15) is 0 Å². The van der Waals surface area contributed by atoms with Crippen molar-refractivity contribution in [3.63, 3.8) is 0 Å². The molecule has 0 aromatic heterocycles. The Morgan fingerprint density at radius 2 is 0.800 bits per heavy atom. The Bertz CT molecular complexity index is 657. The highest BCUT2D eigenvalue weighted by molar-refractivity contribution is 5.74.